The van der Waals surface area contributed by atoms with Gasteiger partial charge in [0.25, 0.3) is 0 Å². The Kier molecular flexibility index (Phi) is 5.16. The number of halogens is 2. The van der Waals surface area contributed by atoms with E-state index in [0.29, 0.717) is 16.4 Å². The van der Waals surface area contributed by atoms with Crippen LogP contribution in [0.1, 0.15) is 0 Å². The van der Waals surface area contributed by atoms with Gasteiger partial charge in [-0.1, -0.05) is 17.7 Å². The van der Waals surface area contributed by atoms with Gasteiger partial charge >= 0.3 is 6.01 Å². The van der Waals surface area contributed by atoms with Gasteiger partial charge in [0.15, 0.2) is 0 Å². The first-order valence-electron chi connectivity index (χ1n) is 5.84. The van der Waals surface area contributed by atoms with E-state index in [-0.39, 0.29) is 18.4 Å². The van der Waals surface area contributed by atoms with Gasteiger partial charge in [-0.15, -0.1) is 0 Å². The van der Waals surface area contributed by atoms with Crippen LogP contribution in [-0.4, -0.2) is 28.5 Å². The number of benzene rings is 1. The zero-order valence-electron chi connectivity index (χ0n) is 10.8. The van der Waals surface area contributed by atoms with Gasteiger partial charge in [-0.05, 0) is 18.2 Å². The monoisotopic (exact) mass is 307 g/mol. The normalized spacial score (nSPS) is 11.8. The summed E-state index contributed by atoms with van der Waals surface area (Å²) in [6, 6.07) is 5.96. The molecule has 1 aromatic heterocycles. The number of aliphatic imine (C=N–C) groups is 1. The highest BCUT2D eigenvalue weighted by Gasteiger charge is 2.01. The molecule has 0 unspecified atom stereocenters. The summed E-state index contributed by atoms with van der Waals surface area (Å²) < 4.78 is 18.3. The Hall–Kier alpha value is -2.54. The van der Waals surface area contributed by atoms with Crippen LogP contribution in [0.5, 0.6) is 6.01 Å². The second-order valence-electron chi connectivity index (χ2n) is 3.83. The van der Waals surface area contributed by atoms with Crippen molar-refractivity contribution in [2.45, 2.75) is 0 Å². The number of hydrazone groups is 1. The molecule has 0 aliphatic rings. The molecule has 108 valence electrons. The van der Waals surface area contributed by atoms with Crippen molar-refractivity contribution >= 4 is 29.2 Å². The first kappa shape index (κ1) is 14.9. The fraction of sp³-hybridized carbons (Fsp3) is 0.0769. The summed E-state index contributed by atoms with van der Waals surface area (Å²) in [4.78, 5) is 11.8. The van der Waals surface area contributed by atoms with Gasteiger partial charge in [-0.3, -0.25) is 4.99 Å². The Bertz CT molecular complexity index is 660. The number of ether oxygens (including phenoxy) is 1. The first-order valence-corrected chi connectivity index (χ1v) is 6.22. The van der Waals surface area contributed by atoms with Crippen molar-refractivity contribution in [3.8, 4) is 6.01 Å². The fourth-order valence-electron chi connectivity index (χ4n) is 1.33. The summed E-state index contributed by atoms with van der Waals surface area (Å²) in [7, 11) is 0. The van der Waals surface area contributed by atoms with Crippen LogP contribution in [0, 0.1) is 5.82 Å². The van der Waals surface area contributed by atoms with Crippen molar-refractivity contribution < 1.29 is 9.13 Å². The van der Waals surface area contributed by atoms with Crippen molar-refractivity contribution in [3.63, 3.8) is 0 Å². The number of hydrogen-bond acceptors (Lipinski definition) is 6. The SMILES string of the molecule is NN=C(C=Nc1cccc(F)c1)COc1ncc(Cl)cn1. The third-order valence-electron chi connectivity index (χ3n) is 2.28. The van der Waals surface area contributed by atoms with E-state index in [1.165, 1.54) is 30.7 Å². The molecule has 0 amide bonds. The average Bonchev–Trinajstić information content (AvgIpc) is 2.49. The molecule has 6 nitrogen and oxygen atoms in total. The smallest absolute Gasteiger partial charge is 0.316 e. The minimum Gasteiger partial charge on any atom is -0.457 e. The van der Waals surface area contributed by atoms with Crippen LogP contribution in [0.25, 0.3) is 0 Å². The van der Waals surface area contributed by atoms with Crippen LogP contribution >= 0.6 is 11.6 Å². The van der Waals surface area contributed by atoms with Gasteiger partial charge in [0, 0.05) is 0 Å². The lowest BCUT2D eigenvalue weighted by molar-refractivity contribution is 0.346. The van der Waals surface area contributed by atoms with Gasteiger partial charge in [-0.2, -0.15) is 5.10 Å². The molecule has 0 aliphatic heterocycles. The predicted molar refractivity (Wildman–Crippen MR) is 78.7 cm³/mol. The van der Waals surface area contributed by atoms with E-state index in [2.05, 4.69) is 20.1 Å². The van der Waals surface area contributed by atoms with Crippen molar-refractivity contribution in [2.24, 2.45) is 15.9 Å². The topological polar surface area (TPSA) is 85.8 Å². The summed E-state index contributed by atoms with van der Waals surface area (Å²) >= 11 is 5.66. The zero-order valence-corrected chi connectivity index (χ0v) is 11.5. The highest BCUT2D eigenvalue weighted by molar-refractivity contribution is 6.31. The maximum atomic E-state index is 13.0. The lowest BCUT2D eigenvalue weighted by Crippen LogP contribution is -2.15. The molecule has 21 heavy (non-hydrogen) atoms. The van der Waals surface area contributed by atoms with E-state index in [1.54, 1.807) is 12.1 Å². The summed E-state index contributed by atoms with van der Waals surface area (Å²) in [6.07, 6.45) is 4.19. The molecule has 2 aromatic rings. The van der Waals surface area contributed by atoms with Crippen LogP contribution in [0.4, 0.5) is 10.1 Å². The summed E-state index contributed by atoms with van der Waals surface area (Å²) in [5, 5.41) is 3.93. The van der Waals surface area contributed by atoms with Crippen LogP contribution in [0.15, 0.2) is 46.8 Å². The van der Waals surface area contributed by atoms with E-state index in [4.69, 9.17) is 22.2 Å². The van der Waals surface area contributed by atoms with Crippen molar-refractivity contribution in [1.29, 1.82) is 0 Å². The predicted octanol–water partition coefficient (Wildman–Crippen LogP) is 2.37. The van der Waals surface area contributed by atoms with Gasteiger partial charge in [-0.25, -0.2) is 14.4 Å². The number of rotatable bonds is 5. The Morgan fingerprint density at radius 1 is 1.38 bits per heavy atom. The van der Waals surface area contributed by atoms with E-state index in [0.717, 1.165) is 0 Å². The molecule has 0 fully saturated rings. The van der Waals surface area contributed by atoms with Crippen LogP contribution in [-0.2, 0) is 0 Å². The Morgan fingerprint density at radius 3 is 2.81 bits per heavy atom. The highest BCUT2D eigenvalue weighted by atomic mass is 35.5. The fourth-order valence-corrected chi connectivity index (χ4v) is 1.42. The van der Waals surface area contributed by atoms with Crippen molar-refractivity contribution in [3.05, 3.63) is 47.5 Å². The molecular formula is C13H11ClFN5O. The number of nitrogens with zero attached hydrogens (tertiary/aromatic N) is 4. The van der Waals surface area contributed by atoms with E-state index < -0.39 is 0 Å². The highest BCUT2D eigenvalue weighted by Crippen LogP contribution is 2.12. The molecule has 0 spiro atoms. The van der Waals surface area contributed by atoms with Crippen LogP contribution in [0.3, 0.4) is 0 Å². The summed E-state index contributed by atoms with van der Waals surface area (Å²) in [5.74, 6) is 4.86. The molecule has 0 atom stereocenters. The van der Waals surface area contributed by atoms with Crippen LogP contribution < -0.4 is 10.6 Å². The van der Waals surface area contributed by atoms with Gasteiger partial charge in [0.1, 0.15) is 18.1 Å². The van der Waals surface area contributed by atoms with E-state index in [9.17, 15) is 4.39 Å². The van der Waals surface area contributed by atoms with Crippen LogP contribution in [0.2, 0.25) is 5.02 Å². The summed E-state index contributed by atoms with van der Waals surface area (Å²) in [6.45, 7) is 0.0248. The molecule has 8 heteroatoms. The molecule has 0 saturated carbocycles. The second kappa shape index (κ2) is 7.30. The zero-order chi connectivity index (χ0) is 15.1. The Morgan fingerprint density at radius 2 is 2.14 bits per heavy atom. The minimum absolute atomic E-state index is 0.0248. The molecule has 0 saturated heterocycles. The van der Waals surface area contributed by atoms with Crippen molar-refractivity contribution in [2.75, 3.05) is 6.61 Å². The number of aromatic nitrogens is 2. The lowest BCUT2D eigenvalue weighted by Gasteiger charge is -2.03. The first-order chi connectivity index (χ1) is 10.2. The van der Waals surface area contributed by atoms with Gasteiger partial charge in [0.2, 0.25) is 0 Å². The third-order valence-corrected chi connectivity index (χ3v) is 2.48. The maximum Gasteiger partial charge on any atom is 0.316 e. The molecule has 0 aliphatic carbocycles. The quantitative estimate of drug-likeness (QED) is 0.522. The Balaban J connectivity index is 1.96. The third kappa shape index (κ3) is 4.81. The largest absolute Gasteiger partial charge is 0.457 e. The number of nitrogens with two attached hydrogens (primary N) is 1. The minimum atomic E-state index is -0.373. The standard InChI is InChI=1S/C13H11ClFN5O/c14-9-5-18-13(19-6-9)21-8-12(20-16)7-17-11-3-1-2-10(15)4-11/h1-7H,8,16H2. The maximum absolute atomic E-state index is 13.0. The molecule has 1 heterocycles. The van der Waals surface area contributed by atoms with Gasteiger partial charge < -0.3 is 10.6 Å². The number of hydrogen-bond donors (Lipinski definition) is 1. The average molecular weight is 308 g/mol. The van der Waals surface area contributed by atoms with Crippen molar-refractivity contribution in [1.82, 2.24) is 9.97 Å². The molecule has 2 rings (SSSR count). The second-order valence-corrected chi connectivity index (χ2v) is 4.27. The molecule has 2 N–H and O–H groups in total. The lowest BCUT2D eigenvalue weighted by atomic mass is 10.3. The molecule has 1 aromatic carbocycles. The summed E-state index contributed by atoms with van der Waals surface area (Å²) in [5.41, 5.74) is 0.789. The van der Waals surface area contributed by atoms with E-state index in [1.807, 2.05) is 0 Å². The Labute approximate surface area is 125 Å². The molecule has 0 bridgehead atoms. The van der Waals surface area contributed by atoms with Gasteiger partial charge in [0.05, 0.1) is 29.3 Å². The van der Waals surface area contributed by atoms with E-state index >= 15 is 0 Å². The molecular weight excluding hydrogens is 297 g/mol. The molecule has 0 radical (unpaired) electrons.